The van der Waals surface area contributed by atoms with Crippen molar-refractivity contribution in [1.82, 2.24) is 39.5 Å². The Hall–Kier alpha value is -3.43. The molecule has 0 aromatic carbocycles. The molecular formula is C22H29N9O. The van der Waals surface area contributed by atoms with E-state index >= 15 is 0 Å². The largest absolute Gasteiger partial charge is 0.473 e. The fourth-order valence-electron chi connectivity index (χ4n) is 4.48. The third-order valence-corrected chi connectivity index (χ3v) is 6.09. The first-order valence-corrected chi connectivity index (χ1v) is 11.3. The Morgan fingerprint density at radius 2 is 1.97 bits per heavy atom. The van der Waals surface area contributed by atoms with Gasteiger partial charge in [0.25, 0.3) is 0 Å². The quantitative estimate of drug-likeness (QED) is 0.474. The smallest absolute Gasteiger partial charge is 0.232 e. The van der Waals surface area contributed by atoms with E-state index < -0.39 is 0 Å². The van der Waals surface area contributed by atoms with Crippen molar-refractivity contribution in [1.29, 1.82) is 0 Å². The van der Waals surface area contributed by atoms with E-state index in [-0.39, 0.29) is 6.10 Å². The van der Waals surface area contributed by atoms with Gasteiger partial charge in [0.15, 0.2) is 0 Å². The average Bonchev–Trinajstić information content (AvgIpc) is 3.53. The lowest BCUT2D eigenvalue weighted by molar-refractivity contribution is 0.119. The van der Waals surface area contributed by atoms with Gasteiger partial charge in [-0.25, -0.2) is 9.67 Å². The van der Waals surface area contributed by atoms with Crippen molar-refractivity contribution < 1.29 is 4.74 Å². The molecule has 0 amide bonds. The fraction of sp³-hybridized carbons (Fsp3) is 0.500. The van der Waals surface area contributed by atoms with Crippen molar-refractivity contribution in [3.8, 4) is 17.1 Å². The number of aryl methyl sites for hydroxylation is 2. The molecule has 4 heterocycles. The molecule has 4 aromatic heterocycles. The number of fused-ring (bicyclic) bond motifs is 1. The zero-order chi connectivity index (χ0) is 22.1. The summed E-state index contributed by atoms with van der Waals surface area (Å²) in [5.74, 6) is 1.62. The third-order valence-electron chi connectivity index (χ3n) is 6.09. The molecule has 1 saturated carbocycles. The minimum atomic E-state index is 0.175. The summed E-state index contributed by atoms with van der Waals surface area (Å²) in [6.45, 7) is 5.69. The Labute approximate surface area is 186 Å². The number of aromatic nitrogens is 8. The molecule has 5 rings (SSSR count). The van der Waals surface area contributed by atoms with Gasteiger partial charge < -0.3 is 10.1 Å². The van der Waals surface area contributed by atoms with Gasteiger partial charge in [-0.15, -0.1) is 5.10 Å². The van der Waals surface area contributed by atoms with Crippen LogP contribution in [0, 0.1) is 0 Å². The van der Waals surface area contributed by atoms with Crippen LogP contribution in [0.3, 0.4) is 0 Å². The van der Waals surface area contributed by atoms with Crippen molar-refractivity contribution in [3.63, 3.8) is 0 Å². The molecule has 1 aliphatic carbocycles. The van der Waals surface area contributed by atoms with Crippen LogP contribution in [0.1, 0.15) is 45.6 Å². The Bertz CT molecular complexity index is 1200. The molecule has 32 heavy (non-hydrogen) atoms. The van der Waals surface area contributed by atoms with Crippen LogP contribution in [0.2, 0.25) is 0 Å². The lowest BCUT2D eigenvalue weighted by atomic mass is 9.93. The maximum atomic E-state index is 6.19. The summed E-state index contributed by atoms with van der Waals surface area (Å²) in [5.41, 5.74) is 3.04. The van der Waals surface area contributed by atoms with Crippen LogP contribution in [0.5, 0.6) is 5.88 Å². The third kappa shape index (κ3) is 3.80. The van der Waals surface area contributed by atoms with Gasteiger partial charge in [-0.3, -0.25) is 9.36 Å². The lowest BCUT2D eigenvalue weighted by Gasteiger charge is -2.29. The summed E-state index contributed by atoms with van der Waals surface area (Å²) < 4.78 is 12.0. The van der Waals surface area contributed by atoms with Gasteiger partial charge in [0.2, 0.25) is 5.88 Å². The zero-order valence-electron chi connectivity index (χ0n) is 18.8. The Morgan fingerprint density at radius 3 is 2.69 bits per heavy atom. The van der Waals surface area contributed by atoms with Gasteiger partial charge in [0.1, 0.15) is 23.8 Å². The molecule has 1 fully saturated rings. The monoisotopic (exact) mass is 435 g/mol. The number of hydrogen-bond donors (Lipinski definition) is 1. The molecule has 10 nitrogen and oxygen atoms in total. The first-order valence-electron chi connectivity index (χ1n) is 11.3. The van der Waals surface area contributed by atoms with Crippen molar-refractivity contribution in [2.24, 2.45) is 7.05 Å². The van der Waals surface area contributed by atoms with Crippen molar-refractivity contribution in [2.75, 3.05) is 11.9 Å². The topological polar surface area (TPSA) is 100 Å². The molecule has 1 N–H and O–H groups in total. The van der Waals surface area contributed by atoms with Crippen LogP contribution >= 0.6 is 0 Å². The second kappa shape index (κ2) is 8.60. The zero-order valence-corrected chi connectivity index (χ0v) is 18.8. The second-order valence-corrected chi connectivity index (χ2v) is 8.25. The summed E-state index contributed by atoms with van der Waals surface area (Å²) in [6.07, 6.45) is 11.6. The first-order chi connectivity index (χ1) is 15.7. The van der Waals surface area contributed by atoms with Crippen LogP contribution in [0.4, 0.5) is 5.82 Å². The van der Waals surface area contributed by atoms with E-state index in [1.165, 1.54) is 0 Å². The Morgan fingerprint density at radius 1 is 1.12 bits per heavy atom. The SMILES string of the molecule is CCNc1cc2c(cn1)c(-c1cnn(C)c1)nn2[C@H]1CC[C@@H](Oc2cnnn2CC)CC1. The molecule has 0 atom stereocenters. The standard InChI is InChI=1S/C22H29N9O/c1-4-23-20-10-19-18(12-24-20)22(15-11-26-29(3)14-15)27-31(19)16-6-8-17(9-7-16)32-21-13-25-28-30(21)5-2/h10-14,16-17H,4-9H2,1-3H3,(H,23,24)/t16-,17+. The number of anilines is 1. The maximum Gasteiger partial charge on any atom is 0.232 e. The highest BCUT2D eigenvalue weighted by Crippen LogP contribution is 2.36. The Balaban J connectivity index is 1.41. The van der Waals surface area contributed by atoms with Crippen LogP contribution < -0.4 is 10.1 Å². The normalized spacial score (nSPS) is 18.8. The number of pyridine rings is 1. The molecule has 0 spiro atoms. The minimum absolute atomic E-state index is 0.175. The lowest BCUT2D eigenvalue weighted by Crippen LogP contribution is -2.27. The number of ether oxygens (including phenoxy) is 1. The van der Waals surface area contributed by atoms with Crippen molar-refractivity contribution in [2.45, 2.75) is 58.2 Å². The Kier molecular flexibility index (Phi) is 5.50. The molecule has 4 aromatic rings. The van der Waals surface area contributed by atoms with E-state index in [1.807, 2.05) is 32.6 Å². The predicted molar refractivity (Wildman–Crippen MR) is 122 cm³/mol. The second-order valence-electron chi connectivity index (χ2n) is 8.25. The van der Waals surface area contributed by atoms with Gasteiger partial charge in [-0.05, 0) is 39.5 Å². The summed E-state index contributed by atoms with van der Waals surface area (Å²) in [6, 6.07) is 2.42. The van der Waals surface area contributed by atoms with Gasteiger partial charge in [-0.2, -0.15) is 10.2 Å². The van der Waals surface area contributed by atoms with Crippen molar-refractivity contribution >= 4 is 16.7 Å². The van der Waals surface area contributed by atoms with Crippen LogP contribution in [0.25, 0.3) is 22.2 Å². The fourth-order valence-corrected chi connectivity index (χ4v) is 4.48. The molecule has 0 radical (unpaired) electrons. The first kappa shape index (κ1) is 20.5. The number of nitrogens with zero attached hydrogens (tertiary/aromatic N) is 8. The van der Waals surface area contributed by atoms with Gasteiger partial charge in [0, 0.05) is 49.5 Å². The molecule has 0 aliphatic heterocycles. The van der Waals surface area contributed by atoms with Crippen LogP contribution in [0.15, 0.2) is 30.9 Å². The van der Waals surface area contributed by atoms with E-state index in [2.05, 4.69) is 43.4 Å². The summed E-state index contributed by atoms with van der Waals surface area (Å²) in [7, 11) is 1.92. The van der Waals surface area contributed by atoms with Gasteiger partial charge >= 0.3 is 0 Å². The van der Waals surface area contributed by atoms with E-state index in [4.69, 9.17) is 9.84 Å². The maximum absolute atomic E-state index is 6.19. The number of rotatable bonds is 7. The highest BCUT2D eigenvalue weighted by atomic mass is 16.5. The highest BCUT2D eigenvalue weighted by Gasteiger charge is 2.27. The van der Waals surface area contributed by atoms with E-state index in [9.17, 15) is 0 Å². The molecule has 0 unspecified atom stereocenters. The number of hydrogen-bond acceptors (Lipinski definition) is 7. The molecular weight excluding hydrogens is 406 g/mol. The molecule has 0 bridgehead atoms. The average molecular weight is 436 g/mol. The van der Waals surface area contributed by atoms with Crippen LogP contribution in [-0.2, 0) is 13.6 Å². The summed E-state index contributed by atoms with van der Waals surface area (Å²) in [5, 5.41) is 21.8. The van der Waals surface area contributed by atoms with E-state index in [0.717, 1.165) is 72.6 Å². The predicted octanol–water partition coefficient (Wildman–Crippen LogP) is 3.44. The minimum Gasteiger partial charge on any atom is -0.473 e. The molecule has 168 valence electrons. The van der Waals surface area contributed by atoms with Crippen molar-refractivity contribution in [3.05, 3.63) is 30.9 Å². The highest BCUT2D eigenvalue weighted by molar-refractivity contribution is 5.93. The molecule has 1 aliphatic rings. The van der Waals surface area contributed by atoms with Gasteiger partial charge in [-0.1, -0.05) is 5.21 Å². The van der Waals surface area contributed by atoms with E-state index in [0.29, 0.717) is 6.04 Å². The number of nitrogens with one attached hydrogen (secondary N) is 1. The summed E-state index contributed by atoms with van der Waals surface area (Å²) in [4.78, 5) is 4.59. The summed E-state index contributed by atoms with van der Waals surface area (Å²) >= 11 is 0. The van der Waals surface area contributed by atoms with E-state index in [1.54, 1.807) is 15.6 Å². The van der Waals surface area contributed by atoms with Crippen LogP contribution in [-0.4, -0.2) is 52.2 Å². The molecule has 0 saturated heterocycles. The molecule has 10 heteroatoms. The van der Waals surface area contributed by atoms with Gasteiger partial charge in [0.05, 0.1) is 17.8 Å².